The maximum absolute atomic E-state index is 12.5. The molecule has 0 bridgehead atoms. The molecule has 1 aliphatic heterocycles. The Morgan fingerprint density at radius 3 is 2.81 bits per heavy atom. The van der Waals surface area contributed by atoms with Crippen LogP contribution in [0.3, 0.4) is 0 Å². The minimum atomic E-state index is -0.373. The Kier molecular flexibility index (Phi) is 3.09. The Labute approximate surface area is 120 Å². The summed E-state index contributed by atoms with van der Waals surface area (Å²) in [6.07, 6.45) is 1.34. The molecule has 0 aliphatic carbocycles. The number of carbonyl (C=O) groups excluding carboxylic acids is 2. The molecular weight excluding hydrogens is 268 g/mol. The highest BCUT2D eigenvalue weighted by Crippen LogP contribution is 2.29. The second-order valence-corrected chi connectivity index (χ2v) is 4.50. The molecule has 2 amide bonds. The molecule has 0 radical (unpaired) electrons. The summed E-state index contributed by atoms with van der Waals surface area (Å²) in [5, 5.41) is 11.5. The van der Waals surface area contributed by atoms with Crippen LogP contribution in [-0.4, -0.2) is 23.3 Å². The molecule has 21 heavy (non-hydrogen) atoms. The van der Waals surface area contributed by atoms with Gasteiger partial charge >= 0.3 is 0 Å². The van der Waals surface area contributed by atoms with E-state index in [-0.39, 0.29) is 24.1 Å². The lowest BCUT2D eigenvalue weighted by Gasteiger charge is -2.28. The van der Waals surface area contributed by atoms with Crippen LogP contribution in [0.4, 0.5) is 11.4 Å². The molecule has 6 nitrogen and oxygen atoms in total. The summed E-state index contributed by atoms with van der Waals surface area (Å²) in [5.74, 6) is -0.627. The molecule has 1 N–H and O–H groups in total. The molecule has 0 atom stereocenters. The van der Waals surface area contributed by atoms with Gasteiger partial charge in [0.2, 0.25) is 5.91 Å². The van der Waals surface area contributed by atoms with Gasteiger partial charge in [-0.05, 0) is 24.3 Å². The van der Waals surface area contributed by atoms with Crippen LogP contribution in [0.25, 0.3) is 0 Å². The molecule has 1 aliphatic rings. The molecule has 0 spiro atoms. The number of hydrogen-bond acceptors (Lipinski definition) is 4. The Morgan fingerprint density at radius 2 is 2.10 bits per heavy atom. The Balaban J connectivity index is 1.98. The van der Waals surface area contributed by atoms with Gasteiger partial charge in [0, 0.05) is 6.20 Å². The lowest BCUT2D eigenvalue weighted by Crippen LogP contribution is -2.42. The quantitative estimate of drug-likeness (QED) is 0.857. The maximum Gasteiger partial charge on any atom is 0.277 e. The van der Waals surface area contributed by atoms with E-state index in [1.807, 2.05) is 6.07 Å². The molecule has 0 unspecified atom stereocenters. The first-order chi connectivity index (χ1) is 10.2. The van der Waals surface area contributed by atoms with Gasteiger partial charge in [0.1, 0.15) is 18.3 Å². The minimum Gasteiger partial charge on any atom is -0.323 e. The summed E-state index contributed by atoms with van der Waals surface area (Å²) >= 11 is 0. The highest BCUT2D eigenvalue weighted by molar-refractivity contribution is 6.14. The zero-order valence-corrected chi connectivity index (χ0v) is 10.9. The van der Waals surface area contributed by atoms with Crippen molar-refractivity contribution in [1.29, 1.82) is 5.26 Å². The fourth-order valence-corrected chi connectivity index (χ4v) is 2.14. The summed E-state index contributed by atoms with van der Waals surface area (Å²) in [7, 11) is 0. The number of pyridine rings is 1. The van der Waals surface area contributed by atoms with E-state index in [4.69, 9.17) is 5.26 Å². The van der Waals surface area contributed by atoms with Crippen molar-refractivity contribution in [2.24, 2.45) is 0 Å². The van der Waals surface area contributed by atoms with Gasteiger partial charge in [0.05, 0.1) is 16.9 Å². The van der Waals surface area contributed by atoms with Gasteiger partial charge in [-0.3, -0.25) is 14.5 Å². The van der Waals surface area contributed by atoms with Crippen molar-refractivity contribution < 1.29 is 9.59 Å². The first kappa shape index (κ1) is 12.8. The standard InChI is InChI=1S/C15H10N4O2/c16-7-10-5-6-12(17-8-10)15(21)19-9-14(20)18-11-3-1-2-4-13(11)19/h1-6,8H,9H2,(H,18,20). The number of benzene rings is 1. The lowest BCUT2D eigenvalue weighted by molar-refractivity contribution is -0.115. The fourth-order valence-electron chi connectivity index (χ4n) is 2.14. The SMILES string of the molecule is N#Cc1ccc(C(=O)N2CC(=O)Nc3ccccc32)nc1. The summed E-state index contributed by atoms with van der Waals surface area (Å²) in [6.45, 7) is -0.0580. The second kappa shape index (κ2) is 5.06. The predicted molar refractivity (Wildman–Crippen MR) is 75.7 cm³/mol. The van der Waals surface area contributed by atoms with Crippen molar-refractivity contribution in [3.05, 3.63) is 53.9 Å². The highest BCUT2D eigenvalue weighted by Gasteiger charge is 2.27. The number of nitriles is 1. The maximum atomic E-state index is 12.5. The second-order valence-electron chi connectivity index (χ2n) is 4.50. The molecule has 0 fully saturated rings. The van der Waals surface area contributed by atoms with E-state index in [9.17, 15) is 9.59 Å². The molecule has 6 heteroatoms. The van der Waals surface area contributed by atoms with Crippen LogP contribution >= 0.6 is 0 Å². The number of para-hydroxylation sites is 2. The van der Waals surface area contributed by atoms with Gasteiger partial charge in [-0.25, -0.2) is 4.98 Å². The largest absolute Gasteiger partial charge is 0.323 e. The van der Waals surface area contributed by atoms with Crippen LogP contribution in [-0.2, 0) is 4.79 Å². The van der Waals surface area contributed by atoms with E-state index in [2.05, 4.69) is 10.3 Å². The number of anilines is 2. The number of carbonyl (C=O) groups is 2. The summed E-state index contributed by atoms with van der Waals surface area (Å²) in [6, 6.07) is 12.0. The molecule has 0 saturated carbocycles. The van der Waals surface area contributed by atoms with E-state index >= 15 is 0 Å². The van der Waals surface area contributed by atoms with Gasteiger partial charge in [-0.15, -0.1) is 0 Å². The first-order valence-electron chi connectivity index (χ1n) is 6.26. The van der Waals surface area contributed by atoms with Crippen LogP contribution < -0.4 is 10.2 Å². The number of rotatable bonds is 1. The molecule has 3 rings (SSSR count). The zero-order valence-electron chi connectivity index (χ0n) is 10.9. The third kappa shape index (κ3) is 2.32. The van der Waals surface area contributed by atoms with Crippen molar-refractivity contribution >= 4 is 23.2 Å². The van der Waals surface area contributed by atoms with Crippen LogP contribution in [0.1, 0.15) is 16.1 Å². The monoisotopic (exact) mass is 278 g/mol. The van der Waals surface area contributed by atoms with Crippen molar-refractivity contribution in [2.45, 2.75) is 0 Å². The Morgan fingerprint density at radius 1 is 1.29 bits per heavy atom. The van der Waals surface area contributed by atoms with Gasteiger partial charge in [0.15, 0.2) is 0 Å². The average Bonchev–Trinajstić information content (AvgIpc) is 2.53. The van der Waals surface area contributed by atoms with E-state index in [1.165, 1.54) is 23.2 Å². The Bertz CT molecular complexity index is 762. The zero-order chi connectivity index (χ0) is 14.8. The molecular formula is C15H10N4O2. The van der Waals surface area contributed by atoms with Gasteiger partial charge < -0.3 is 5.32 Å². The molecule has 0 saturated heterocycles. The third-order valence-corrected chi connectivity index (χ3v) is 3.13. The fraction of sp³-hybridized carbons (Fsp3) is 0.0667. The number of nitrogens with zero attached hydrogens (tertiary/aromatic N) is 3. The lowest BCUT2D eigenvalue weighted by atomic mass is 10.1. The smallest absolute Gasteiger partial charge is 0.277 e. The van der Waals surface area contributed by atoms with Crippen LogP contribution in [0.2, 0.25) is 0 Å². The van der Waals surface area contributed by atoms with Crippen molar-refractivity contribution in [3.8, 4) is 6.07 Å². The van der Waals surface area contributed by atoms with Crippen molar-refractivity contribution in [1.82, 2.24) is 4.98 Å². The van der Waals surface area contributed by atoms with E-state index in [0.29, 0.717) is 16.9 Å². The molecule has 1 aromatic heterocycles. The van der Waals surface area contributed by atoms with Gasteiger partial charge in [-0.2, -0.15) is 5.26 Å². The third-order valence-electron chi connectivity index (χ3n) is 3.13. The normalized spacial score (nSPS) is 13.1. The van der Waals surface area contributed by atoms with Crippen LogP contribution in [0.5, 0.6) is 0 Å². The molecule has 2 aromatic rings. The number of fused-ring (bicyclic) bond motifs is 1. The average molecular weight is 278 g/mol. The van der Waals surface area contributed by atoms with Gasteiger partial charge in [-0.1, -0.05) is 12.1 Å². The highest BCUT2D eigenvalue weighted by atomic mass is 16.2. The minimum absolute atomic E-state index is 0.0580. The van der Waals surface area contributed by atoms with Crippen LogP contribution in [0, 0.1) is 11.3 Å². The predicted octanol–water partition coefficient (Wildman–Crippen LogP) is 1.55. The van der Waals surface area contributed by atoms with E-state index < -0.39 is 0 Å². The number of nitrogens with one attached hydrogen (secondary N) is 1. The topological polar surface area (TPSA) is 86.1 Å². The molecule has 1 aromatic carbocycles. The van der Waals surface area contributed by atoms with Crippen LogP contribution in [0.15, 0.2) is 42.6 Å². The van der Waals surface area contributed by atoms with Gasteiger partial charge in [0.25, 0.3) is 5.91 Å². The van der Waals surface area contributed by atoms with Crippen molar-refractivity contribution in [3.63, 3.8) is 0 Å². The molecule has 102 valence electrons. The number of hydrogen-bond donors (Lipinski definition) is 1. The number of amides is 2. The number of aromatic nitrogens is 1. The first-order valence-corrected chi connectivity index (χ1v) is 6.26. The van der Waals surface area contributed by atoms with E-state index in [0.717, 1.165) is 0 Å². The summed E-state index contributed by atoms with van der Waals surface area (Å²) in [5.41, 5.74) is 1.80. The molecule has 2 heterocycles. The summed E-state index contributed by atoms with van der Waals surface area (Å²) in [4.78, 5) is 29.6. The van der Waals surface area contributed by atoms with Crippen molar-refractivity contribution in [2.75, 3.05) is 16.8 Å². The Hall–Kier alpha value is -3.20. The van der Waals surface area contributed by atoms with E-state index in [1.54, 1.807) is 24.3 Å². The summed E-state index contributed by atoms with van der Waals surface area (Å²) < 4.78 is 0.